The smallest absolute Gasteiger partial charge is 0.372 e. The molecule has 1 aromatic rings. The molecule has 0 aliphatic carbocycles. The van der Waals surface area contributed by atoms with E-state index in [9.17, 15) is 18.0 Å². The maximum absolute atomic E-state index is 11.6. The SMILES string of the molecule is COC(=O)CS(=O)(=O)Cc1cc(C)c(C(=O)O)o1. The Balaban J connectivity index is 2.88. The molecule has 0 aromatic carbocycles. The van der Waals surface area contributed by atoms with E-state index in [1.807, 2.05) is 0 Å². The highest BCUT2D eigenvalue weighted by Crippen LogP contribution is 2.17. The largest absolute Gasteiger partial charge is 0.475 e. The van der Waals surface area contributed by atoms with Crippen LogP contribution in [-0.2, 0) is 25.1 Å². The molecular formula is C10H12O7S. The van der Waals surface area contributed by atoms with E-state index in [1.165, 1.54) is 13.0 Å². The van der Waals surface area contributed by atoms with Gasteiger partial charge in [0.15, 0.2) is 9.84 Å². The van der Waals surface area contributed by atoms with Crippen molar-refractivity contribution in [1.82, 2.24) is 0 Å². The van der Waals surface area contributed by atoms with Crippen LogP contribution in [0.25, 0.3) is 0 Å². The summed E-state index contributed by atoms with van der Waals surface area (Å²) in [6, 6.07) is 1.32. The van der Waals surface area contributed by atoms with Crippen molar-refractivity contribution in [2.24, 2.45) is 0 Å². The van der Waals surface area contributed by atoms with E-state index >= 15 is 0 Å². The standard InChI is InChI=1S/C10H12O7S/c1-6-3-7(17-9(6)10(12)13)4-18(14,15)5-8(11)16-2/h3H,4-5H2,1-2H3,(H,12,13). The third-order valence-corrected chi connectivity index (χ3v) is 3.49. The van der Waals surface area contributed by atoms with E-state index < -0.39 is 33.3 Å². The number of carbonyl (C=O) groups is 2. The van der Waals surface area contributed by atoms with Gasteiger partial charge in [-0.3, -0.25) is 4.79 Å². The van der Waals surface area contributed by atoms with Crippen molar-refractivity contribution in [3.8, 4) is 0 Å². The number of esters is 1. The van der Waals surface area contributed by atoms with Crippen molar-refractivity contribution in [1.29, 1.82) is 0 Å². The molecule has 0 radical (unpaired) electrons. The molecule has 7 nitrogen and oxygen atoms in total. The highest BCUT2D eigenvalue weighted by atomic mass is 32.2. The van der Waals surface area contributed by atoms with Crippen LogP contribution < -0.4 is 0 Å². The molecule has 0 amide bonds. The fourth-order valence-electron chi connectivity index (χ4n) is 1.34. The van der Waals surface area contributed by atoms with Crippen molar-refractivity contribution in [3.05, 3.63) is 23.2 Å². The van der Waals surface area contributed by atoms with E-state index in [-0.39, 0.29) is 11.5 Å². The van der Waals surface area contributed by atoms with Crippen LogP contribution in [0, 0.1) is 6.92 Å². The van der Waals surface area contributed by atoms with Crippen LogP contribution in [0.2, 0.25) is 0 Å². The van der Waals surface area contributed by atoms with Crippen molar-refractivity contribution in [2.75, 3.05) is 12.9 Å². The number of hydrogen-bond acceptors (Lipinski definition) is 6. The number of aryl methyl sites for hydroxylation is 1. The molecule has 1 rings (SSSR count). The second kappa shape index (κ2) is 5.21. The second-order valence-corrected chi connectivity index (χ2v) is 5.70. The molecule has 0 unspecified atom stereocenters. The highest BCUT2D eigenvalue weighted by Gasteiger charge is 2.22. The van der Waals surface area contributed by atoms with Gasteiger partial charge < -0.3 is 14.3 Å². The lowest BCUT2D eigenvalue weighted by atomic mass is 10.3. The maximum atomic E-state index is 11.6. The summed E-state index contributed by atoms with van der Waals surface area (Å²) >= 11 is 0. The minimum Gasteiger partial charge on any atom is -0.475 e. The minimum atomic E-state index is -3.74. The number of hydrogen-bond donors (Lipinski definition) is 1. The van der Waals surface area contributed by atoms with Crippen molar-refractivity contribution in [2.45, 2.75) is 12.7 Å². The zero-order valence-corrected chi connectivity index (χ0v) is 10.6. The van der Waals surface area contributed by atoms with Crippen LogP contribution in [0.4, 0.5) is 0 Å². The van der Waals surface area contributed by atoms with Gasteiger partial charge in [-0.2, -0.15) is 0 Å². The monoisotopic (exact) mass is 276 g/mol. The number of aromatic carboxylic acids is 1. The summed E-state index contributed by atoms with van der Waals surface area (Å²) < 4.78 is 32.2. The lowest BCUT2D eigenvalue weighted by Crippen LogP contribution is -2.18. The first-order chi connectivity index (χ1) is 8.25. The molecule has 1 N–H and O–H groups in total. The molecule has 100 valence electrons. The lowest BCUT2D eigenvalue weighted by Gasteiger charge is -2.00. The molecule has 0 saturated heterocycles. The molecular weight excluding hydrogens is 264 g/mol. The molecule has 0 saturated carbocycles. The predicted octanol–water partition coefficient (Wildman–Crippen LogP) is 0.374. The molecule has 0 aliphatic rings. The molecule has 8 heteroatoms. The van der Waals surface area contributed by atoms with Crippen LogP contribution in [0.15, 0.2) is 10.5 Å². The van der Waals surface area contributed by atoms with E-state index in [0.29, 0.717) is 5.56 Å². The van der Waals surface area contributed by atoms with Crippen LogP contribution in [-0.4, -0.2) is 38.3 Å². The van der Waals surface area contributed by atoms with Crippen LogP contribution in [0.1, 0.15) is 21.9 Å². The van der Waals surface area contributed by atoms with Gasteiger partial charge in [0.2, 0.25) is 5.76 Å². The lowest BCUT2D eigenvalue weighted by molar-refractivity contribution is -0.137. The quantitative estimate of drug-likeness (QED) is 0.773. The Morgan fingerprint density at radius 2 is 2.06 bits per heavy atom. The molecule has 0 atom stereocenters. The van der Waals surface area contributed by atoms with Crippen molar-refractivity contribution in [3.63, 3.8) is 0 Å². The Bertz CT molecular complexity index is 567. The van der Waals surface area contributed by atoms with Gasteiger partial charge in [0.05, 0.1) is 7.11 Å². The van der Waals surface area contributed by atoms with Gasteiger partial charge in [0.25, 0.3) is 0 Å². The van der Waals surface area contributed by atoms with Crippen molar-refractivity contribution >= 4 is 21.8 Å². The summed E-state index contributed by atoms with van der Waals surface area (Å²) in [5, 5.41) is 8.74. The third kappa shape index (κ3) is 3.59. The topological polar surface area (TPSA) is 111 Å². The van der Waals surface area contributed by atoms with E-state index in [4.69, 9.17) is 9.52 Å². The van der Waals surface area contributed by atoms with E-state index in [1.54, 1.807) is 0 Å². The Hall–Kier alpha value is -1.83. The zero-order valence-electron chi connectivity index (χ0n) is 9.80. The molecule has 0 spiro atoms. The van der Waals surface area contributed by atoms with Crippen LogP contribution in [0.5, 0.6) is 0 Å². The fourth-order valence-corrected chi connectivity index (χ4v) is 2.49. The number of carboxylic acid groups (broad SMARTS) is 1. The van der Waals surface area contributed by atoms with E-state index in [2.05, 4.69) is 4.74 Å². The number of furan rings is 1. The molecule has 0 fully saturated rings. The summed E-state index contributed by atoms with van der Waals surface area (Å²) in [4.78, 5) is 21.6. The van der Waals surface area contributed by atoms with Gasteiger partial charge in [0.1, 0.15) is 17.3 Å². The molecule has 0 bridgehead atoms. The maximum Gasteiger partial charge on any atom is 0.372 e. The number of methoxy groups -OCH3 is 1. The Morgan fingerprint density at radius 3 is 2.50 bits per heavy atom. The Kier molecular flexibility index (Phi) is 4.12. The molecule has 1 aromatic heterocycles. The average Bonchev–Trinajstić information content (AvgIpc) is 2.57. The van der Waals surface area contributed by atoms with Gasteiger partial charge >= 0.3 is 11.9 Å². The van der Waals surface area contributed by atoms with Crippen molar-refractivity contribution < 1.29 is 32.3 Å². The van der Waals surface area contributed by atoms with Gasteiger partial charge in [0, 0.05) is 5.56 Å². The number of rotatable bonds is 5. The predicted molar refractivity (Wildman–Crippen MR) is 59.9 cm³/mol. The summed E-state index contributed by atoms with van der Waals surface area (Å²) in [5.41, 5.74) is 0.325. The van der Waals surface area contributed by atoms with Crippen LogP contribution >= 0.6 is 0 Å². The van der Waals surface area contributed by atoms with Gasteiger partial charge in [-0.15, -0.1) is 0 Å². The number of carboxylic acids is 1. The molecule has 18 heavy (non-hydrogen) atoms. The fraction of sp³-hybridized carbons (Fsp3) is 0.400. The summed E-state index contributed by atoms with van der Waals surface area (Å²) in [5.74, 6) is -3.80. The Morgan fingerprint density at radius 1 is 1.44 bits per heavy atom. The zero-order chi connectivity index (χ0) is 13.9. The number of sulfone groups is 1. The molecule has 1 heterocycles. The first kappa shape index (κ1) is 14.2. The van der Waals surface area contributed by atoms with Crippen LogP contribution in [0.3, 0.4) is 0 Å². The third-order valence-electron chi connectivity index (χ3n) is 2.09. The number of carbonyl (C=O) groups excluding carboxylic acids is 1. The van der Waals surface area contributed by atoms with Gasteiger partial charge in [-0.05, 0) is 13.0 Å². The number of ether oxygens (including phenoxy) is 1. The minimum absolute atomic E-state index is 0.0196. The van der Waals surface area contributed by atoms with Gasteiger partial charge in [-0.25, -0.2) is 13.2 Å². The second-order valence-electron chi connectivity index (χ2n) is 3.64. The average molecular weight is 276 g/mol. The Labute approximate surface area is 103 Å². The van der Waals surface area contributed by atoms with E-state index in [0.717, 1.165) is 7.11 Å². The summed E-state index contributed by atoms with van der Waals surface area (Å²) in [6.45, 7) is 1.49. The first-order valence-corrected chi connectivity index (χ1v) is 6.67. The normalized spacial score (nSPS) is 11.2. The summed E-state index contributed by atoms with van der Waals surface area (Å²) in [7, 11) is -2.66. The highest BCUT2D eigenvalue weighted by molar-refractivity contribution is 7.91. The first-order valence-electron chi connectivity index (χ1n) is 4.85. The summed E-state index contributed by atoms with van der Waals surface area (Å²) in [6.07, 6.45) is 0. The molecule has 0 aliphatic heterocycles. The van der Waals surface area contributed by atoms with Gasteiger partial charge in [-0.1, -0.05) is 0 Å².